The smallest absolute Gasteiger partial charge is 0.251 e. The molecule has 1 aromatic heterocycles. The highest BCUT2D eigenvalue weighted by atomic mass is 19.1. The number of carbonyl (C=O) groups is 2. The fraction of sp³-hybridized carbons (Fsp3) is 0.0526. The molecule has 144 valence electrons. The minimum Gasteiger partial charge on any atom is -0.353 e. The maximum Gasteiger partial charge on any atom is 0.251 e. The molecule has 1 aromatic carbocycles. The van der Waals surface area contributed by atoms with Crippen molar-refractivity contribution in [2.24, 2.45) is 4.99 Å². The van der Waals surface area contributed by atoms with Gasteiger partial charge in [-0.2, -0.15) is 0 Å². The largest absolute Gasteiger partial charge is 0.353 e. The normalized spacial score (nSPS) is 10.7. The lowest BCUT2D eigenvalue weighted by atomic mass is 10.2. The summed E-state index contributed by atoms with van der Waals surface area (Å²) in [4.78, 5) is 31.2. The zero-order chi connectivity index (χ0) is 20.5. The van der Waals surface area contributed by atoms with Gasteiger partial charge in [0.2, 0.25) is 5.91 Å². The molecule has 0 saturated heterocycles. The van der Waals surface area contributed by atoms with Crippen LogP contribution in [0.15, 0.2) is 72.9 Å². The second kappa shape index (κ2) is 9.72. The molecule has 0 saturated carbocycles. The number of halogens is 2. The molecule has 0 radical (unpaired) electrons. The van der Waals surface area contributed by atoms with Gasteiger partial charge in [-0.25, -0.2) is 13.8 Å². The van der Waals surface area contributed by atoms with Gasteiger partial charge in [0, 0.05) is 23.6 Å². The van der Waals surface area contributed by atoms with Gasteiger partial charge in [-0.1, -0.05) is 19.2 Å². The van der Waals surface area contributed by atoms with Crippen molar-refractivity contribution < 1.29 is 18.4 Å². The van der Waals surface area contributed by atoms with Crippen LogP contribution in [0.3, 0.4) is 0 Å². The molecule has 2 rings (SSSR count). The Bertz CT molecular complexity index is 943. The molecule has 0 spiro atoms. The van der Waals surface area contributed by atoms with Crippen LogP contribution in [0.4, 0.5) is 20.2 Å². The number of anilines is 2. The van der Waals surface area contributed by atoms with Crippen molar-refractivity contribution in [2.75, 3.05) is 11.9 Å². The lowest BCUT2D eigenvalue weighted by Crippen LogP contribution is -2.40. The Morgan fingerprint density at radius 3 is 2.75 bits per heavy atom. The van der Waals surface area contributed by atoms with E-state index in [4.69, 9.17) is 0 Å². The molecule has 1 heterocycles. The first-order valence-electron chi connectivity index (χ1n) is 7.99. The first-order valence-corrected chi connectivity index (χ1v) is 7.99. The fourth-order valence-corrected chi connectivity index (χ4v) is 2.07. The van der Waals surface area contributed by atoms with E-state index in [2.05, 4.69) is 39.1 Å². The van der Waals surface area contributed by atoms with Gasteiger partial charge in [0.05, 0.1) is 18.4 Å². The number of benzene rings is 1. The zero-order valence-corrected chi connectivity index (χ0v) is 14.7. The number of hydrogen-bond donors (Lipinski definition) is 3. The quantitative estimate of drug-likeness (QED) is 0.505. The number of amidine groups is 1. The first-order chi connectivity index (χ1) is 13.4. The van der Waals surface area contributed by atoms with E-state index >= 15 is 0 Å². The van der Waals surface area contributed by atoms with Crippen molar-refractivity contribution in [3.63, 3.8) is 0 Å². The molecule has 0 unspecified atom stereocenters. The summed E-state index contributed by atoms with van der Waals surface area (Å²) in [7, 11) is 0. The molecule has 9 heteroatoms. The molecule has 0 aliphatic rings. The van der Waals surface area contributed by atoms with E-state index in [0.717, 1.165) is 12.4 Å². The third-order valence-electron chi connectivity index (χ3n) is 3.32. The maximum atomic E-state index is 13.7. The van der Waals surface area contributed by atoms with E-state index in [-0.39, 0.29) is 17.1 Å². The SMILES string of the molecule is C=CN=C(NC(=O)CNC(=O)c1cccc(Nc2ccncc2F)c1)C(=C)F. The van der Waals surface area contributed by atoms with E-state index in [1.54, 1.807) is 12.1 Å². The molecule has 28 heavy (non-hydrogen) atoms. The maximum absolute atomic E-state index is 13.7. The van der Waals surface area contributed by atoms with Crippen molar-refractivity contribution in [1.82, 2.24) is 15.6 Å². The Kier molecular flexibility index (Phi) is 7.09. The summed E-state index contributed by atoms with van der Waals surface area (Å²) in [5, 5.41) is 7.39. The molecule has 0 aliphatic carbocycles. The molecular weight excluding hydrogens is 368 g/mol. The number of aromatic nitrogens is 1. The Labute approximate surface area is 159 Å². The molecule has 2 amide bonds. The summed E-state index contributed by atoms with van der Waals surface area (Å²) in [5.41, 5.74) is 0.908. The van der Waals surface area contributed by atoms with Gasteiger partial charge >= 0.3 is 0 Å². The van der Waals surface area contributed by atoms with E-state index in [9.17, 15) is 18.4 Å². The average Bonchev–Trinajstić information content (AvgIpc) is 2.67. The van der Waals surface area contributed by atoms with E-state index < -0.39 is 30.0 Å². The number of pyridine rings is 1. The van der Waals surface area contributed by atoms with Crippen LogP contribution in [0.25, 0.3) is 0 Å². The Balaban J connectivity index is 1.98. The highest BCUT2D eigenvalue weighted by Crippen LogP contribution is 2.19. The second-order valence-corrected chi connectivity index (χ2v) is 5.36. The summed E-state index contributed by atoms with van der Waals surface area (Å²) in [5.74, 6) is -3.11. The average molecular weight is 385 g/mol. The topological polar surface area (TPSA) is 95.5 Å². The van der Waals surface area contributed by atoms with Crippen molar-refractivity contribution in [3.05, 3.63) is 79.3 Å². The summed E-state index contributed by atoms with van der Waals surface area (Å²) in [6, 6.07) is 7.70. The molecular formula is C19H17F2N5O2. The van der Waals surface area contributed by atoms with E-state index in [1.165, 1.54) is 24.4 Å². The number of carbonyl (C=O) groups excluding carboxylic acids is 2. The van der Waals surface area contributed by atoms with Gasteiger partial charge in [-0.05, 0) is 24.3 Å². The molecule has 0 bridgehead atoms. The highest BCUT2D eigenvalue weighted by molar-refractivity contribution is 6.07. The molecule has 3 N–H and O–H groups in total. The van der Waals surface area contributed by atoms with Gasteiger partial charge in [-0.15, -0.1) is 0 Å². The van der Waals surface area contributed by atoms with Crippen LogP contribution in [0.1, 0.15) is 10.4 Å². The van der Waals surface area contributed by atoms with Crippen molar-refractivity contribution in [1.29, 1.82) is 0 Å². The van der Waals surface area contributed by atoms with Crippen LogP contribution in [0, 0.1) is 5.82 Å². The summed E-state index contributed by atoms with van der Waals surface area (Å²) >= 11 is 0. The van der Waals surface area contributed by atoms with Crippen LogP contribution in [-0.2, 0) is 4.79 Å². The van der Waals surface area contributed by atoms with E-state index in [1.807, 2.05) is 0 Å². The predicted molar refractivity (Wildman–Crippen MR) is 102 cm³/mol. The summed E-state index contributed by atoms with van der Waals surface area (Å²) in [6.07, 6.45) is 3.53. The number of nitrogens with zero attached hydrogens (tertiary/aromatic N) is 2. The first kappa shape index (κ1) is 20.4. The van der Waals surface area contributed by atoms with Crippen LogP contribution in [-0.4, -0.2) is 29.2 Å². The predicted octanol–water partition coefficient (Wildman–Crippen LogP) is 2.84. The summed E-state index contributed by atoms with van der Waals surface area (Å²) < 4.78 is 26.8. The third-order valence-corrected chi connectivity index (χ3v) is 3.32. The number of nitrogens with one attached hydrogen (secondary N) is 3. The van der Waals surface area contributed by atoms with Gasteiger partial charge in [0.15, 0.2) is 17.5 Å². The van der Waals surface area contributed by atoms with Gasteiger partial charge in [0.1, 0.15) is 0 Å². The monoisotopic (exact) mass is 385 g/mol. The van der Waals surface area contributed by atoms with Gasteiger partial charge < -0.3 is 16.0 Å². The minimum absolute atomic E-state index is 0.201. The Morgan fingerprint density at radius 1 is 1.29 bits per heavy atom. The van der Waals surface area contributed by atoms with Crippen molar-refractivity contribution in [3.8, 4) is 0 Å². The van der Waals surface area contributed by atoms with Crippen LogP contribution in [0.2, 0.25) is 0 Å². The van der Waals surface area contributed by atoms with Crippen molar-refractivity contribution >= 4 is 29.0 Å². The standard InChI is InChI=1S/C19H17F2N5O2/c1-3-23-18(12(2)20)26-17(27)11-24-19(28)13-5-4-6-14(9-13)25-16-7-8-22-10-15(16)21/h3-10H,1-2,11H2,(H,22,25)(H,24,28)(H,23,26,27). The number of aliphatic imine (C=N–C) groups is 1. The van der Waals surface area contributed by atoms with Crippen LogP contribution in [0.5, 0.6) is 0 Å². The third kappa shape index (κ3) is 5.84. The fourth-order valence-electron chi connectivity index (χ4n) is 2.07. The van der Waals surface area contributed by atoms with Crippen LogP contribution >= 0.6 is 0 Å². The molecule has 7 nitrogen and oxygen atoms in total. The molecule has 0 aliphatic heterocycles. The lowest BCUT2D eigenvalue weighted by molar-refractivity contribution is -0.118. The molecule has 2 aromatic rings. The van der Waals surface area contributed by atoms with Crippen LogP contribution < -0.4 is 16.0 Å². The van der Waals surface area contributed by atoms with E-state index in [0.29, 0.717) is 5.69 Å². The zero-order valence-electron chi connectivity index (χ0n) is 14.7. The molecule has 0 atom stereocenters. The number of hydrogen-bond acceptors (Lipinski definition) is 5. The Hall–Kier alpha value is -3.88. The number of rotatable bonds is 7. The number of amides is 2. The van der Waals surface area contributed by atoms with Gasteiger partial charge in [-0.3, -0.25) is 14.6 Å². The lowest BCUT2D eigenvalue weighted by Gasteiger charge is -2.10. The highest BCUT2D eigenvalue weighted by Gasteiger charge is 2.12. The second-order valence-electron chi connectivity index (χ2n) is 5.36. The van der Waals surface area contributed by atoms with Gasteiger partial charge in [0.25, 0.3) is 5.91 Å². The van der Waals surface area contributed by atoms with Crippen molar-refractivity contribution in [2.45, 2.75) is 0 Å². The Morgan fingerprint density at radius 2 is 2.07 bits per heavy atom. The molecule has 0 fully saturated rings. The summed E-state index contributed by atoms with van der Waals surface area (Å²) in [6.45, 7) is 5.92. The minimum atomic E-state index is -0.943.